The maximum Gasteiger partial charge on any atom is 0.0421 e. The largest absolute Gasteiger partial charge is 0.326 e. The molecule has 0 aliphatic heterocycles. The van der Waals surface area contributed by atoms with Crippen molar-refractivity contribution in [2.45, 2.75) is 46.2 Å². The molecule has 0 fully saturated rings. The summed E-state index contributed by atoms with van der Waals surface area (Å²) in [4.78, 5) is 0. The molecule has 2 nitrogen and oxygen atoms in total. The first-order chi connectivity index (χ1) is 26.7. The number of fused-ring (bicyclic) bond motifs is 1. The molecule has 276 valence electrons. The van der Waals surface area contributed by atoms with Crippen LogP contribution in [0.2, 0.25) is 0 Å². The molecule has 0 aliphatic carbocycles. The molecule has 0 saturated heterocycles. The molecule has 1 atom stereocenters. The topological polar surface area (TPSA) is 52.0 Å². The van der Waals surface area contributed by atoms with Crippen LogP contribution in [0.4, 0.5) is 0 Å². The third-order valence-electron chi connectivity index (χ3n) is 9.48. The van der Waals surface area contributed by atoms with Crippen LogP contribution >= 0.6 is 0 Å². The SMILES string of the molecule is Cc1ccc(-c2cc3ccccc3cc2-c2ccc(C(C)(N)Cc3ccccc3)cc2)cc1.Cc1ccccc1.Cc1ccccc1.NCc1ccccc1. The van der Waals surface area contributed by atoms with Crippen molar-refractivity contribution in [3.63, 3.8) is 0 Å². The Morgan fingerprint density at radius 3 is 1.11 bits per heavy atom. The average molecular weight is 719 g/mol. The molecule has 8 aromatic carbocycles. The highest BCUT2D eigenvalue weighted by Gasteiger charge is 2.22. The van der Waals surface area contributed by atoms with Crippen molar-refractivity contribution in [2.24, 2.45) is 11.5 Å². The summed E-state index contributed by atoms with van der Waals surface area (Å²) in [6.45, 7) is 9.05. The highest BCUT2D eigenvalue weighted by Crippen LogP contribution is 2.37. The van der Waals surface area contributed by atoms with Gasteiger partial charge in [0.2, 0.25) is 0 Å². The summed E-state index contributed by atoms with van der Waals surface area (Å²) in [5.41, 5.74) is 24.1. The maximum absolute atomic E-state index is 6.77. The first-order valence-corrected chi connectivity index (χ1v) is 19.0. The fourth-order valence-electron chi connectivity index (χ4n) is 6.29. The number of hydrogen-bond acceptors (Lipinski definition) is 2. The molecule has 0 radical (unpaired) electrons. The van der Waals surface area contributed by atoms with Crippen molar-refractivity contribution in [2.75, 3.05) is 0 Å². The van der Waals surface area contributed by atoms with Crippen LogP contribution in [0.15, 0.2) is 206 Å². The quantitative estimate of drug-likeness (QED) is 0.180. The van der Waals surface area contributed by atoms with Gasteiger partial charge in [-0.3, -0.25) is 0 Å². The molecule has 0 bridgehead atoms. The molecular formula is C53H54N2. The van der Waals surface area contributed by atoms with Crippen molar-refractivity contribution in [3.8, 4) is 22.3 Å². The molecule has 0 saturated carbocycles. The summed E-state index contributed by atoms with van der Waals surface area (Å²) in [6, 6.07) is 71.8. The van der Waals surface area contributed by atoms with Crippen molar-refractivity contribution < 1.29 is 0 Å². The van der Waals surface area contributed by atoms with Crippen molar-refractivity contribution in [3.05, 3.63) is 240 Å². The second-order valence-electron chi connectivity index (χ2n) is 14.3. The van der Waals surface area contributed by atoms with Gasteiger partial charge in [-0.2, -0.15) is 0 Å². The van der Waals surface area contributed by atoms with E-state index in [2.05, 4.69) is 161 Å². The van der Waals surface area contributed by atoms with Gasteiger partial charge in [0, 0.05) is 12.1 Å². The van der Waals surface area contributed by atoms with Crippen LogP contribution < -0.4 is 11.5 Å². The van der Waals surface area contributed by atoms with E-state index in [0.717, 1.165) is 12.0 Å². The molecule has 8 aromatic rings. The van der Waals surface area contributed by atoms with Crippen LogP contribution in [0.3, 0.4) is 0 Å². The van der Waals surface area contributed by atoms with E-state index in [1.165, 1.54) is 60.8 Å². The van der Waals surface area contributed by atoms with Crippen molar-refractivity contribution >= 4 is 10.8 Å². The molecule has 55 heavy (non-hydrogen) atoms. The molecule has 4 N–H and O–H groups in total. The minimum absolute atomic E-state index is 0.428. The smallest absolute Gasteiger partial charge is 0.0421 e. The van der Waals surface area contributed by atoms with Crippen molar-refractivity contribution in [1.82, 2.24) is 0 Å². The Morgan fingerprint density at radius 2 is 0.745 bits per heavy atom. The Balaban J connectivity index is 0.000000211. The van der Waals surface area contributed by atoms with Gasteiger partial charge in [0.25, 0.3) is 0 Å². The fraction of sp³-hybridized carbons (Fsp3) is 0.132. The minimum Gasteiger partial charge on any atom is -0.326 e. The molecular weight excluding hydrogens is 665 g/mol. The number of benzene rings is 8. The van der Waals surface area contributed by atoms with Crippen molar-refractivity contribution in [1.29, 1.82) is 0 Å². The van der Waals surface area contributed by atoms with E-state index < -0.39 is 5.54 Å². The van der Waals surface area contributed by atoms with Gasteiger partial charge in [-0.1, -0.05) is 211 Å². The zero-order valence-electron chi connectivity index (χ0n) is 32.7. The normalized spacial score (nSPS) is 11.4. The zero-order valence-corrected chi connectivity index (χ0v) is 32.7. The van der Waals surface area contributed by atoms with E-state index >= 15 is 0 Å². The summed E-state index contributed by atoms with van der Waals surface area (Å²) in [6.07, 6.45) is 0.803. The molecule has 0 heterocycles. The lowest BCUT2D eigenvalue weighted by atomic mass is 9.85. The Bertz CT molecular complexity index is 2240. The standard InChI is InChI=1S/C32H29N.C7H9N.2C7H8/c1-23-12-14-25(15-13-23)30-20-27-10-6-7-11-28(27)21-31(30)26-16-18-29(19-17-26)32(2,33)22-24-8-4-3-5-9-24;8-6-7-4-2-1-3-5-7;2*1-7-5-3-2-4-6-7/h3-21H,22,33H2,1-2H3;1-5H,6,8H2;2*2-6H,1H3. The third kappa shape index (κ3) is 12.5. The highest BCUT2D eigenvalue weighted by molar-refractivity contribution is 5.96. The van der Waals surface area contributed by atoms with E-state index in [-0.39, 0.29) is 0 Å². The molecule has 0 aromatic heterocycles. The summed E-state index contributed by atoms with van der Waals surface area (Å²) >= 11 is 0. The first-order valence-electron chi connectivity index (χ1n) is 19.0. The summed E-state index contributed by atoms with van der Waals surface area (Å²) in [5.74, 6) is 0. The van der Waals surface area contributed by atoms with Gasteiger partial charge in [-0.25, -0.2) is 0 Å². The second kappa shape index (κ2) is 20.4. The highest BCUT2D eigenvalue weighted by atomic mass is 14.7. The van der Waals surface area contributed by atoms with Gasteiger partial charge in [0.1, 0.15) is 0 Å². The molecule has 0 spiro atoms. The monoisotopic (exact) mass is 718 g/mol. The first kappa shape index (κ1) is 40.1. The lowest BCUT2D eigenvalue weighted by Gasteiger charge is -2.26. The zero-order chi connectivity index (χ0) is 38.9. The molecule has 0 amide bonds. The number of hydrogen-bond donors (Lipinski definition) is 2. The maximum atomic E-state index is 6.77. The van der Waals surface area contributed by atoms with Crippen LogP contribution in [-0.4, -0.2) is 0 Å². The summed E-state index contributed by atoms with van der Waals surface area (Å²) < 4.78 is 0. The Hall–Kier alpha value is -6.06. The molecule has 0 aliphatic rings. The summed E-state index contributed by atoms with van der Waals surface area (Å²) in [5, 5.41) is 2.51. The predicted molar refractivity (Wildman–Crippen MR) is 238 cm³/mol. The van der Waals surface area contributed by atoms with Gasteiger partial charge >= 0.3 is 0 Å². The molecule has 8 rings (SSSR count). The Labute approximate surface area is 329 Å². The number of nitrogens with two attached hydrogens (primary N) is 2. The minimum atomic E-state index is -0.428. The van der Waals surface area contributed by atoms with Gasteiger partial charge in [-0.05, 0) is 96.0 Å². The number of aryl methyl sites for hydroxylation is 3. The van der Waals surface area contributed by atoms with E-state index in [0.29, 0.717) is 6.54 Å². The molecule has 1 unspecified atom stereocenters. The van der Waals surface area contributed by atoms with Crippen LogP contribution in [0.25, 0.3) is 33.0 Å². The Morgan fingerprint density at radius 1 is 0.400 bits per heavy atom. The lowest BCUT2D eigenvalue weighted by molar-refractivity contribution is 0.491. The van der Waals surface area contributed by atoms with E-state index in [1.807, 2.05) is 72.8 Å². The number of rotatable bonds is 6. The summed E-state index contributed by atoms with van der Waals surface area (Å²) in [7, 11) is 0. The fourth-order valence-corrected chi connectivity index (χ4v) is 6.29. The van der Waals surface area contributed by atoms with Gasteiger partial charge in [0.15, 0.2) is 0 Å². The molecule has 2 heteroatoms. The van der Waals surface area contributed by atoms with E-state index in [1.54, 1.807) is 0 Å². The van der Waals surface area contributed by atoms with Gasteiger partial charge < -0.3 is 11.5 Å². The van der Waals surface area contributed by atoms with Crippen LogP contribution in [0.1, 0.15) is 40.3 Å². The van der Waals surface area contributed by atoms with E-state index in [9.17, 15) is 0 Å². The van der Waals surface area contributed by atoms with Gasteiger partial charge in [0.05, 0.1) is 0 Å². The van der Waals surface area contributed by atoms with Gasteiger partial charge in [-0.15, -0.1) is 0 Å². The van der Waals surface area contributed by atoms with Crippen LogP contribution in [-0.2, 0) is 18.5 Å². The van der Waals surface area contributed by atoms with Crippen LogP contribution in [0, 0.1) is 20.8 Å². The Kier molecular flexibility index (Phi) is 14.9. The van der Waals surface area contributed by atoms with E-state index in [4.69, 9.17) is 11.5 Å². The third-order valence-corrected chi connectivity index (χ3v) is 9.48. The lowest BCUT2D eigenvalue weighted by Crippen LogP contribution is -2.35. The van der Waals surface area contributed by atoms with Crippen LogP contribution in [0.5, 0.6) is 0 Å². The average Bonchev–Trinajstić information content (AvgIpc) is 3.22. The second-order valence-corrected chi connectivity index (χ2v) is 14.3. The predicted octanol–water partition coefficient (Wildman–Crippen LogP) is 13.0.